The minimum Gasteiger partial charge on any atom is -0.457 e. The number of benzene rings is 2. The van der Waals surface area contributed by atoms with Crippen molar-refractivity contribution in [2.45, 2.75) is 32.4 Å². The van der Waals surface area contributed by atoms with Gasteiger partial charge in [-0.25, -0.2) is 4.79 Å². The third kappa shape index (κ3) is 4.29. The SMILES string of the molecule is CCCCNC(=O)N1CCn2cccc2[C@@H]1c1cccc(Oc2ccccc2)c1. The zero-order valence-electron chi connectivity index (χ0n) is 16.8. The van der Waals surface area contributed by atoms with E-state index in [4.69, 9.17) is 4.74 Å². The van der Waals surface area contributed by atoms with Crippen molar-refractivity contribution in [2.24, 2.45) is 0 Å². The van der Waals surface area contributed by atoms with Gasteiger partial charge >= 0.3 is 6.03 Å². The van der Waals surface area contributed by atoms with Crippen molar-refractivity contribution in [1.29, 1.82) is 0 Å². The Hall–Kier alpha value is -3.21. The van der Waals surface area contributed by atoms with Gasteiger partial charge in [-0.3, -0.25) is 0 Å². The highest BCUT2D eigenvalue weighted by atomic mass is 16.5. The van der Waals surface area contributed by atoms with Crippen molar-refractivity contribution in [3.63, 3.8) is 0 Å². The molecule has 0 aliphatic carbocycles. The van der Waals surface area contributed by atoms with E-state index in [1.165, 1.54) is 0 Å². The lowest BCUT2D eigenvalue weighted by Gasteiger charge is -2.37. The summed E-state index contributed by atoms with van der Waals surface area (Å²) in [5.41, 5.74) is 2.17. The predicted octanol–water partition coefficient (Wildman–Crippen LogP) is 5.20. The predicted molar refractivity (Wildman–Crippen MR) is 114 cm³/mol. The first kappa shape index (κ1) is 19.1. The number of nitrogens with zero attached hydrogens (tertiary/aromatic N) is 2. The Labute approximate surface area is 171 Å². The zero-order valence-corrected chi connectivity index (χ0v) is 16.8. The Kier molecular flexibility index (Phi) is 5.84. The average molecular weight is 389 g/mol. The van der Waals surface area contributed by atoms with Crippen LogP contribution < -0.4 is 10.1 Å². The Morgan fingerprint density at radius 2 is 1.86 bits per heavy atom. The molecule has 1 atom stereocenters. The first-order chi connectivity index (χ1) is 14.3. The second kappa shape index (κ2) is 8.86. The van der Waals surface area contributed by atoms with E-state index in [0.29, 0.717) is 13.1 Å². The van der Waals surface area contributed by atoms with E-state index in [1.807, 2.05) is 59.5 Å². The third-order valence-corrected chi connectivity index (χ3v) is 5.26. The topological polar surface area (TPSA) is 46.5 Å². The van der Waals surface area contributed by atoms with E-state index in [1.54, 1.807) is 0 Å². The van der Waals surface area contributed by atoms with Crippen LogP contribution in [-0.4, -0.2) is 28.6 Å². The summed E-state index contributed by atoms with van der Waals surface area (Å²) in [7, 11) is 0. The Bertz CT molecular complexity index is 952. The van der Waals surface area contributed by atoms with Crippen LogP contribution in [0, 0.1) is 0 Å². The number of para-hydroxylation sites is 1. The molecule has 3 aromatic rings. The Morgan fingerprint density at radius 1 is 1.03 bits per heavy atom. The molecule has 2 heterocycles. The smallest absolute Gasteiger partial charge is 0.318 e. The van der Waals surface area contributed by atoms with Gasteiger partial charge in [0.2, 0.25) is 0 Å². The minimum atomic E-state index is -0.139. The highest BCUT2D eigenvalue weighted by Crippen LogP contribution is 2.34. The molecular weight excluding hydrogens is 362 g/mol. The van der Waals surface area contributed by atoms with E-state index in [9.17, 15) is 4.79 Å². The molecule has 1 aliphatic heterocycles. The van der Waals surface area contributed by atoms with Crippen molar-refractivity contribution < 1.29 is 9.53 Å². The Balaban J connectivity index is 1.62. The maximum absolute atomic E-state index is 12.9. The third-order valence-electron chi connectivity index (χ3n) is 5.26. The molecule has 5 heteroatoms. The molecule has 1 N–H and O–H groups in total. The van der Waals surface area contributed by atoms with Crippen LogP contribution in [0.3, 0.4) is 0 Å². The number of rotatable bonds is 6. The van der Waals surface area contributed by atoms with Gasteiger partial charge in [0.1, 0.15) is 11.5 Å². The van der Waals surface area contributed by atoms with Crippen LogP contribution in [0.2, 0.25) is 0 Å². The van der Waals surface area contributed by atoms with Gasteiger partial charge in [0.15, 0.2) is 0 Å². The van der Waals surface area contributed by atoms with Crippen molar-refractivity contribution in [2.75, 3.05) is 13.1 Å². The molecule has 2 aromatic carbocycles. The maximum Gasteiger partial charge on any atom is 0.318 e. The number of aromatic nitrogens is 1. The maximum atomic E-state index is 12.9. The molecule has 0 radical (unpaired) electrons. The summed E-state index contributed by atoms with van der Waals surface area (Å²) < 4.78 is 8.26. The van der Waals surface area contributed by atoms with E-state index >= 15 is 0 Å². The molecular formula is C24H27N3O2. The van der Waals surface area contributed by atoms with Gasteiger partial charge in [-0.1, -0.05) is 43.7 Å². The van der Waals surface area contributed by atoms with Gasteiger partial charge in [-0.2, -0.15) is 0 Å². The first-order valence-corrected chi connectivity index (χ1v) is 10.3. The van der Waals surface area contributed by atoms with E-state index in [-0.39, 0.29) is 12.1 Å². The number of ether oxygens (including phenoxy) is 1. The van der Waals surface area contributed by atoms with Crippen LogP contribution in [0.4, 0.5) is 4.79 Å². The van der Waals surface area contributed by atoms with Crippen molar-refractivity contribution in [3.05, 3.63) is 84.2 Å². The van der Waals surface area contributed by atoms with E-state index < -0.39 is 0 Å². The van der Waals surface area contributed by atoms with Gasteiger partial charge in [0.05, 0.1) is 6.04 Å². The molecule has 0 fully saturated rings. The second-order valence-electron chi connectivity index (χ2n) is 7.30. The molecule has 150 valence electrons. The number of amides is 2. The number of carbonyl (C=O) groups excluding carboxylic acids is 1. The summed E-state index contributed by atoms with van der Waals surface area (Å²) in [6.07, 6.45) is 4.13. The summed E-state index contributed by atoms with van der Waals surface area (Å²) in [6, 6.07) is 21.8. The Morgan fingerprint density at radius 3 is 2.69 bits per heavy atom. The number of carbonyl (C=O) groups is 1. The fraction of sp³-hybridized carbons (Fsp3) is 0.292. The van der Waals surface area contributed by atoms with E-state index in [0.717, 1.165) is 42.1 Å². The summed E-state index contributed by atoms with van der Waals surface area (Å²) in [6.45, 7) is 4.31. The van der Waals surface area contributed by atoms with Crippen LogP contribution in [0.5, 0.6) is 11.5 Å². The summed E-state index contributed by atoms with van der Waals surface area (Å²) >= 11 is 0. The van der Waals surface area contributed by atoms with Crippen LogP contribution in [-0.2, 0) is 6.54 Å². The zero-order chi connectivity index (χ0) is 20.1. The second-order valence-corrected chi connectivity index (χ2v) is 7.30. The normalized spacial score (nSPS) is 15.6. The van der Waals surface area contributed by atoms with Gasteiger partial charge in [-0.15, -0.1) is 0 Å². The van der Waals surface area contributed by atoms with Crippen molar-refractivity contribution >= 4 is 6.03 Å². The molecule has 0 saturated heterocycles. The lowest BCUT2D eigenvalue weighted by Crippen LogP contribution is -2.47. The average Bonchev–Trinajstić information content (AvgIpc) is 3.23. The molecule has 0 bridgehead atoms. The quantitative estimate of drug-likeness (QED) is 0.589. The molecule has 1 aromatic heterocycles. The highest BCUT2D eigenvalue weighted by molar-refractivity contribution is 5.75. The molecule has 0 unspecified atom stereocenters. The van der Waals surface area contributed by atoms with Crippen molar-refractivity contribution in [1.82, 2.24) is 14.8 Å². The van der Waals surface area contributed by atoms with Crippen LogP contribution in [0.15, 0.2) is 72.9 Å². The molecule has 29 heavy (non-hydrogen) atoms. The minimum absolute atomic E-state index is 0.00900. The standard InChI is InChI=1S/C24H27N3O2/c1-2-3-14-25-24(28)27-17-16-26-15-8-13-22(26)23(27)19-9-7-12-21(18-19)29-20-10-5-4-6-11-20/h4-13,15,18,23H,2-3,14,16-17H2,1H3,(H,25,28)/t23-/m0/s1. The number of unbranched alkanes of at least 4 members (excludes halogenated alkanes) is 1. The number of hydrogen-bond acceptors (Lipinski definition) is 2. The van der Waals surface area contributed by atoms with Gasteiger partial charge in [0.25, 0.3) is 0 Å². The van der Waals surface area contributed by atoms with Gasteiger partial charge in [0, 0.05) is 31.5 Å². The highest BCUT2D eigenvalue weighted by Gasteiger charge is 2.32. The fourth-order valence-electron chi connectivity index (χ4n) is 3.80. The summed E-state index contributed by atoms with van der Waals surface area (Å²) in [5.74, 6) is 1.56. The molecule has 0 spiro atoms. The molecule has 5 nitrogen and oxygen atoms in total. The van der Waals surface area contributed by atoms with Crippen LogP contribution >= 0.6 is 0 Å². The first-order valence-electron chi connectivity index (χ1n) is 10.3. The largest absolute Gasteiger partial charge is 0.457 e. The lowest BCUT2D eigenvalue weighted by atomic mass is 10.00. The van der Waals surface area contributed by atoms with Gasteiger partial charge < -0.3 is 19.5 Å². The monoisotopic (exact) mass is 389 g/mol. The number of urea groups is 1. The molecule has 2 amide bonds. The number of nitrogens with one attached hydrogen (secondary N) is 1. The fourth-order valence-corrected chi connectivity index (χ4v) is 3.80. The van der Waals surface area contributed by atoms with Gasteiger partial charge in [-0.05, 0) is 48.4 Å². The summed E-state index contributed by atoms with van der Waals surface area (Å²) in [5, 5.41) is 3.08. The number of fused-ring (bicyclic) bond motifs is 1. The lowest BCUT2D eigenvalue weighted by molar-refractivity contribution is 0.168. The van der Waals surface area contributed by atoms with E-state index in [2.05, 4.69) is 35.1 Å². The summed E-state index contributed by atoms with van der Waals surface area (Å²) in [4.78, 5) is 14.9. The van der Waals surface area contributed by atoms with Crippen LogP contribution in [0.25, 0.3) is 0 Å². The number of hydrogen-bond donors (Lipinski definition) is 1. The van der Waals surface area contributed by atoms with Crippen molar-refractivity contribution in [3.8, 4) is 11.5 Å². The molecule has 4 rings (SSSR count). The molecule has 0 saturated carbocycles. The molecule has 1 aliphatic rings. The van der Waals surface area contributed by atoms with Crippen LogP contribution in [0.1, 0.15) is 37.1 Å².